The number of unbranched alkanes of at least 4 members (excludes halogenated alkanes) is 14. The molecule has 1 N–H and O–H groups in total. The zero-order valence-corrected chi connectivity index (χ0v) is 22.0. The molecule has 0 saturated heterocycles. The molecule has 0 bridgehead atoms. The van der Waals surface area contributed by atoms with Crippen LogP contribution in [0.25, 0.3) is 0 Å². The molecule has 27 heavy (non-hydrogen) atoms. The van der Waals surface area contributed by atoms with E-state index in [2.05, 4.69) is 6.92 Å². The van der Waals surface area contributed by atoms with Crippen molar-refractivity contribution in [1.29, 1.82) is 0 Å². The summed E-state index contributed by atoms with van der Waals surface area (Å²) >= 11 is 0. The van der Waals surface area contributed by atoms with Crippen molar-refractivity contribution in [2.45, 2.75) is 129 Å². The Hall–Kier alpha value is 1.51. The molecule has 0 heterocycles. The third-order valence-electron chi connectivity index (χ3n) is 5.07. The van der Waals surface area contributed by atoms with Crippen molar-refractivity contribution < 1.29 is 69.5 Å². The summed E-state index contributed by atoms with van der Waals surface area (Å²) in [4.78, 5) is 0. The maximum absolute atomic E-state index is 10.5. The van der Waals surface area contributed by atoms with Gasteiger partial charge in [0.2, 0.25) is 0 Å². The van der Waals surface area contributed by atoms with Gasteiger partial charge in [0.25, 0.3) is 0 Å². The van der Waals surface area contributed by atoms with Gasteiger partial charge in [-0.2, -0.15) is 0 Å². The molecule has 1 atom stereocenters. The van der Waals surface area contributed by atoms with Crippen molar-refractivity contribution >= 4 is 10.1 Å². The largest absolute Gasteiger partial charge is 1.00 e. The van der Waals surface area contributed by atoms with Gasteiger partial charge in [-0.05, 0) is 19.3 Å². The van der Waals surface area contributed by atoms with Crippen LogP contribution in [-0.2, 0) is 10.1 Å². The number of hydrogen-bond acceptors (Lipinski definition) is 4. The Kier molecular flexibility index (Phi) is 25.2. The van der Waals surface area contributed by atoms with Crippen molar-refractivity contribution in [2.75, 3.05) is 5.75 Å². The van der Waals surface area contributed by atoms with E-state index >= 15 is 0 Å². The van der Waals surface area contributed by atoms with Crippen LogP contribution in [0.2, 0.25) is 0 Å². The van der Waals surface area contributed by atoms with Crippen LogP contribution in [-0.4, -0.2) is 29.9 Å². The Morgan fingerprint density at radius 1 is 0.667 bits per heavy atom. The Labute approximate surface area is 211 Å². The molecule has 0 aromatic carbocycles. The fraction of sp³-hybridized carbons (Fsp3) is 1.00. The van der Waals surface area contributed by atoms with Crippen LogP contribution in [0.4, 0.5) is 0 Å². The van der Waals surface area contributed by atoms with E-state index in [0.29, 0.717) is 6.42 Å². The quantitative estimate of drug-likeness (QED) is 0.183. The number of aliphatic hydroxyl groups excluding tert-OH is 1. The summed E-state index contributed by atoms with van der Waals surface area (Å²) in [5.41, 5.74) is 0. The molecule has 0 fully saturated rings. The third kappa shape index (κ3) is 27.5. The van der Waals surface area contributed by atoms with Gasteiger partial charge >= 0.3 is 51.4 Å². The molecule has 0 aliphatic carbocycles. The molecule has 0 aliphatic heterocycles. The fourth-order valence-electron chi connectivity index (χ4n) is 3.36. The number of rotatable bonds is 20. The van der Waals surface area contributed by atoms with E-state index in [4.69, 9.17) is 0 Å². The van der Waals surface area contributed by atoms with Gasteiger partial charge in [0.05, 0.1) is 16.2 Å². The molecule has 0 aliphatic rings. The fourth-order valence-corrected chi connectivity index (χ4v) is 3.92. The van der Waals surface area contributed by atoms with E-state index in [1.165, 1.54) is 70.6 Å². The van der Waals surface area contributed by atoms with Gasteiger partial charge < -0.3 is 9.66 Å². The van der Waals surface area contributed by atoms with Gasteiger partial charge in [-0.1, -0.05) is 103 Å². The Bertz CT molecular complexity index is 388. The maximum Gasteiger partial charge on any atom is 1.00 e. The summed E-state index contributed by atoms with van der Waals surface area (Å²) in [5, 5.41) is 9.78. The SMILES string of the molecule is CCCCC(O)CCCCCCCCCCCCCCCCS(=O)(=O)[O-].[K+]. The van der Waals surface area contributed by atoms with Crippen molar-refractivity contribution in [3.05, 3.63) is 0 Å². The number of hydrogen-bond donors (Lipinski definition) is 1. The van der Waals surface area contributed by atoms with Gasteiger partial charge in [0.1, 0.15) is 0 Å². The van der Waals surface area contributed by atoms with Crippen molar-refractivity contribution in [1.82, 2.24) is 0 Å². The molecule has 0 aromatic rings. The van der Waals surface area contributed by atoms with E-state index in [1.807, 2.05) is 0 Å². The average molecular weight is 431 g/mol. The topological polar surface area (TPSA) is 77.4 Å². The van der Waals surface area contributed by atoms with E-state index in [9.17, 15) is 18.1 Å². The molecular formula is C21H43KO4S. The maximum atomic E-state index is 10.5. The van der Waals surface area contributed by atoms with Gasteiger partial charge in [0.15, 0.2) is 0 Å². The van der Waals surface area contributed by atoms with Crippen molar-refractivity contribution in [3.63, 3.8) is 0 Å². The number of aliphatic hydroxyl groups is 1. The van der Waals surface area contributed by atoms with E-state index < -0.39 is 10.1 Å². The molecule has 0 rings (SSSR count). The summed E-state index contributed by atoms with van der Waals surface area (Å²) in [6.07, 6.45) is 20.6. The van der Waals surface area contributed by atoms with E-state index in [1.54, 1.807) is 0 Å². The molecule has 0 saturated carbocycles. The first kappa shape index (κ1) is 30.7. The summed E-state index contributed by atoms with van der Waals surface area (Å²) < 4.78 is 31.4. The zero-order chi connectivity index (χ0) is 19.5. The Morgan fingerprint density at radius 2 is 1.00 bits per heavy atom. The summed E-state index contributed by atoms with van der Waals surface area (Å²) in [5.74, 6) is -0.202. The minimum Gasteiger partial charge on any atom is -0.748 e. The second-order valence-corrected chi connectivity index (χ2v) is 9.32. The molecular weight excluding hydrogens is 387 g/mol. The van der Waals surface area contributed by atoms with Crippen LogP contribution < -0.4 is 51.4 Å². The predicted molar refractivity (Wildman–Crippen MR) is 109 cm³/mol. The molecule has 1 unspecified atom stereocenters. The van der Waals surface area contributed by atoms with E-state index in [0.717, 1.165) is 38.5 Å². The average Bonchev–Trinajstić information content (AvgIpc) is 2.58. The monoisotopic (exact) mass is 430 g/mol. The summed E-state index contributed by atoms with van der Waals surface area (Å²) in [6.45, 7) is 2.17. The Morgan fingerprint density at radius 3 is 1.37 bits per heavy atom. The minimum atomic E-state index is -4.01. The third-order valence-corrected chi connectivity index (χ3v) is 5.86. The standard InChI is InChI=1S/C21H44O4S.K/c1-2-3-18-21(22)19-16-14-12-10-8-6-4-5-7-9-11-13-15-17-20-26(23,24)25;/h21-22H,2-20H2,1H3,(H,23,24,25);/q;+1/p-1. The molecule has 0 aromatic heterocycles. The first-order valence-corrected chi connectivity index (χ1v) is 12.6. The Balaban J connectivity index is 0. The molecule has 6 heteroatoms. The first-order chi connectivity index (χ1) is 12.5. The van der Waals surface area contributed by atoms with Gasteiger partial charge in [0, 0.05) is 5.75 Å². The van der Waals surface area contributed by atoms with Gasteiger partial charge in [-0.25, -0.2) is 8.42 Å². The minimum absolute atomic E-state index is 0. The van der Waals surface area contributed by atoms with Crippen molar-refractivity contribution in [2.24, 2.45) is 0 Å². The van der Waals surface area contributed by atoms with Gasteiger partial charge in [-0.3, -0.25) is 0 Å². The summed E-state index contributed by atoms with van der Waals surface area (Å²) in [7, 11) is -4.01. The molecule has 0 amide bonds. The summed E-state index contributed by atoms with van der Waals surface area (Å²) in [6, 6.07) is 0. The van der Waals surface area contributed by atoms with Crippen LogP contribution >= 0.6 is 0 Å². The zero-order valence-electron chi connectivity index (χ0n) is 18.1. The van der Waals surface area contributed by atoms with E-state index in [-0.39, 0.29) is 63.2 Å². The van der Waals surface area contributed by atoms with Crippen LogP contribution in [0.15, 0.2) is 0 Å². The molecule has 158 valence electrons. The second kappa shape index (κ2) is 22.2. The molecule has 0 spiro atoms. The van der Waals surface area contributed by atoms with Crippen LogP contribution in [0, 0.1) is 0 Å². The second-order valence-electron chi connectivity index (χ2n) is 7.80. The predicted octanol–water partition coefficient (Wildman–Crippen LogP) is 2.94. The van der Waals surface area contributed by atoms with Gasteiger partial charge in [-0.15, -0.1) is 0 Å². The first-order valence-electron chi connectivity index (χ1n) is 11.1. The molecule has 4 nitrogen and oxygen atoms in total. The van der Waals surface area contributed by atoms with Crippen molar-refractivity contribution in [3.8, 4) is 0 Å². The normalized spacial score (nSPS) is 12.7. The van der Waals surface area contributed by atoms with Crippen LogP contribution in [0.5, 0.6) is 0 Å². The van der Waals surface area contributed by atoms with Crippen LogP contribution in [0.3, 0.4) is 0 Å². The smallest absolute Gasteiger partial charge is 0.748 e. The molecule has 0 radical (unpaired) electrons. The van der Waals surface area contributed by atoms with Crippen LogP contribution in [0.1, 0.15) is 122 Å².